The maximum atomic E-state index is 5.12. The summed E-state index contributed by atoms with van der Waals surface area (Å²) in [5.41, 5.74) is 0.910. The average molecular weight is 212 g/mol. The number of ether oxygens (including phenoxy) is 2. The Hall–Kier alpha value is -1.32. The topological polar surface area (TPSA) is 44.2 Å². The molecule has 0 amide bonds. The Morgan fingerprint density at radius 1 is 1.00 bits per heavy atom. The zero-order valence-electron chi connectivity index (χ0n) is 10.4. The van der Waals surface area contributed by atoms with Gasteiger partial charge in [0.15, 0.2) is 0 Å². The fourth-order valence-corrected chi connectivity index (χ4v) is 1.18. The van der Waals surface area contributed by atoms with Crippen LogP contribution in [0.25, 0.3) is 0 Å². The van der Waals surface area contributed by atoms with Crippen LogP contribution in [0.2, 0.25) is 0 Å². The third-order valence-corrected chi connectivity index (χ3v) is 1.77. The molecule has 0 N–H and O–H groups in total. The maximum absolute atomic E-state index is 5.12. The van der Waals surface area contributed by atoms with Gasteiger partial charge in [0.25, 0.3) is 0 Å². The van der Waals surface area contributed by atoms with Gasteiger partial charge in [-0.25, -0.2) is 9.97 Å². The zero-order chi connectivity index (χ0) is 11.8. The van der Waals surface area contributed by atoms with Gasteiger partial charge in [0, 0.05) is 0 Å². The standard InChI is InChI=1S/C9H14N2O2.C2H6/c1-6(2)7-8(12-3)10-5-11-9(7)13-4;1-2/h5-6H,1-4H3;1-2H3. The van der Waals surface area contributed by atoms with E-state index in [4.69, 9.17) is 9.47 Å². The lowest BCUT2D eigenvalue weighted by atomic mass is 10.1. The lowest BCUT2D eigenvalue weighted by Gasteiger charge is -2.12. The van der Waals surface area contributed by atoms with Gasteiger partial charge in [-0.15, -0.1) is 0 Å². The van der Waals surface area contributed by atoms with Gasteiger partial charge in [-0.3, -0.25) is 0 Å². The Kier molecular flexibility index (Phi) is 6.42. The molecule has 15 heavy (non-hydrogen) atoms. The highest BCUT2D eigenvalue weighted by Crippen LogP contribution is 2.30. The van der Waals surface area contributed by atoms with E-state index in [9.17, 15) is 0 Å². The highest BCUT2D eigenvalue weighted by Gasteiger charge is 2.15. The van der Waals surface area contributed by atoms with Gasteiger partial charge in [0.2, 0.25) is 11.8 Å². The van der Waals surface area contributed by atoms with Crippen LogP contribution in [-0.4, -0.2) is 24.2 Å². The molecule has 0 radical (unpaired) electrons. The molecule has 1 aromatic rings. The molecule has 86 valence electrons. The van der Waals surface area contributed by atoms with Crippen molar-refractivity contribution in [1.29, 1.82) is 0 Å². The molecule has 0 saturated carbocycles. The molecule has 0 atom stereocenters. The summed E-state index contributed by atoms with van der Waals surface area (Å²) < 4.78 is 10.2. The second-order valence-electron chi connectivity index (χ2n) is 2.96. The first kappa shape index (κ1) is 13.7. The van der Waals surface area contributed by atoms with Crippen molar-refractivity contribution in [3.05, 3.63) is 11.9 Å². The quantitative estimate of drug-likeness (QED) is 0.772. The van der Waals surface area contributed by atoms with Crippen LogP contribution >= 0.6 is 0 Å². The number of hydrogen-bond acceptors (Lipinski definition) is 4. The molecule has 1 aromatic heterocycles. The third-order valence-electron chi connectivity index (χ3n) is 1.77. The van der Waals surface area contributed by atoms with Gasteiger partial charge in [-0.1, -0.05) is 27.7 Å². The van der Waals surface area contributed by atoms with E-state index in [1.807, 2.05) is 27.7 Å². The van der Waals surface area contributed by atoms with Gasteiger partial charge >= 0.3 is 0 Å². The van der Waals surface area contributed by atoms with Crippen LogP contribution in [0.4, 0.5) is 0 Å². The molecule has 0 aliphatic rings. The molecule has 4 nitrogen and oxygen atoms in total. The maximum Gasteiger partial charge on any atom is 0.223 e. The minimum absolute atomic E-state index is 0.283. The predicted molar refractivity (Wildman–Crippen MR) is 60.6 cm³/mol. The lowest BCUT2D eigenvalue weighted by Crippen LogP contribution is -2.02. The summed E-state index contributed by atoms with van der Waals surface area (Å²) in [6, 6.07) is 0. The summed E-state index contributed by atoms with van der Waals surface area (Å²) in [5.74, 6) is 1.45. The zero-order valence-corrected chi connectivity index (χ0v) is 10.4. The first-order valence-corrected chi connectivity index (χ1v) is 5.13. The van der Waals surface area contributed by atoms with E-state index in [-0.39, 0.29) is 5.92 Å². The first-order chi connectivity index (χ1) is 7.20. The van der Waals surface area contributed by atoms with Crippen molar-refractivity contribution in [2.45, 2.75) is 33.6 Å². The minimum Gasteiger partial charge on any atom is -0.481 e. The van der Waals surface area contributed by atoms with Gasteiger partial charge in [0.1, 0.15) is 6.33 Å². The van der Waals surface area contributed by atoms with Crippen LogP contribution in [0.5, 0.6) is 11.8 Å². The van der Waals surface area contributed by atoms with E-state index in [1.165, 1.54) is 6.33 Å². The molecule has 0 aliphatic carbocycles. The Morgan fingerprint density at radius 2 is 1.40 bits per heavy atom. The fourth-order valence-electron chi connectivity index (χ4n) is 1.18. The smallest absolute Gasteiger partial charge is 0.223 e. The van der Waals surface area contributed by atoms with Crippen LogP contribution in [0.3, 0.4) is 0 Å². The summed E-state index contributed by atoms with van der Waals surface area (Å²) in [5, 5.41) is 0. The summed E-state index contributed by atoms with van der Waals surface area (Å²) in [6.07, 6.45) is 1.43. The lowest BCUT2D eigenvalue weighted by molar-refractivity contribution is 0.358. The van der Waals surface area contributed by atoms with Gasteiger partial charge in [-0.2, -0.15) is 0 Å². The Labute approximate surface area is 91.7 Å². The molecule has 4 heteroatoms. The summed E-state index contributed by atoms with van der Waals surface area (Å²) in [4.78, 5) is 8.03. The molecule has 0 aliphatic heterocycles. The van der Waals surface area contributed by atoms with Crippen molar-refractivity contribution in [2.75, 3.05) is 14.2 Å². The summed E-state index contributed by atoms with van der Waals surface area (Å²) in [6.45, 7) is 8.09. The molecular formula is C11H20N2O2. The summed E-state index contributed by atoms with van der Waals surface area (Å²) in [7, 11) is 3.18. The fraction of sp³-hybridized carbons (Fsp3) is 0.636. The molecular weight excluding hydrogens is 192 g/mol. The number of aromatic nitrogens is 2. The van der Waals surface area contributed by atoms with Gasteiger partial charge in [-0.05, 0) is 5.92 Å². The molecule has 1 rings (SSSR count). The normalized spacial score (nSPS) is 9.27. The first-order valence-electron chi connectivity index (χ1n) is 5.13. The molecule has 1 heterocycles. The van der Waals surface area contributed by atoms with Crippen molar-refractivity contribution in [3.63, 3.8) is 0 Å². The largest absolute Gasteiger partial charge is 0.481 e. The predicted octanol–water partition coefficient (Wildman–Crippen LogP) is 2.64. The van der Waals surface area contributed by atoms with Crippen LogP contribution in [0, 0.1) is 0 Å². The molecule has 0 fully saturated rings. The van der Waals surface area contributed by atoms with Crippen molar-refractivity contribution >= 4 is 0 Å². The highest BCUT2D eigenvalue weighted by molar-refractivity contribution is 5.36. The van der Waals surface area contributed by atoms with Crippen LogP contribution in [-0.2, 0) is 0 Å². The number of nitrogens with zero attached hydrogens (tertiary/aromatic N) is 2. The number of hydrogen-bond donors (Lipinski definition) is 0. The van der Waals surface area contributed by atoms with Crippen molar-refractivity contribution < 1.29 is 9.47 Å². The Balaban J connectivity index is 0.000000921. The second kappa shape index (κ2) is 7.04. The van der Waals surface area contributed by atoms with Crippen LogP contribution in [0.1, 0.15) is 39.2 Å². The highest BCUT2D eigenvalue weighted by atomic mass is 16.5. The van der Waals surface area contributed by atoms with Gasteiger partial charge in [0.05, 0.1) is 19.8 Å². The van der Waals surface area contributed by atoms with Crippen molar-refractivity contribution in [3.8, 4) is 11.8 Å². The van der Waals surface area contributed by atoms with E-state index < -0.39 is 0 Å². The van der Waals surface area contributed by atoms with E-state index in [1.54, 1.807) is 14.2 Å². The van der Waals surface area contributed by atoms with Gasteiger partial charge < -0.3 is 9.47 Å². The molecule has 0 unspecified atom stereocenters. The average Bonchev–Trinajstić information content (AvgIpc) is 2.30. The molecule has 0 saturated heterocycles. The Bertz CT molecular complexity index is 266. The van der Waals surface area contributed by atoms with E-state index in [0.717, 1.165) is 5.56 Å². The van der Waals surface area contributed by atoms with E-state index >= 15 is 0 Å². The second-order valence-corrected chi connectivity index (χ2v) is 2.96. The van der Waals surface area contributed by atoms with Crippen LogP contribution in [0.15, 0.2) is 6.33 Å². The molecule has 0 bridgehead atoms. The van der Waals surface area contributed by atoms with Crippen LogP contribution < -0.4 is 9.47 Å². The van der Waals surface area contributed by atoms with Crippen molar-refractivity contribution in [1.82, 2.24) is 9.97 Å². The van der Waals surface area contributed by atoms with E-state index in [2.05, 4.69) is 9.97 Å². The SMILES string of the molecule is CC.COc1ncnc(OC)c1C(C)C. The summed E-state index contributed by atoms with van der Waals surface area (Å²) >= 11 is 0. The monoisotopic (exact) mass is 212 g/mol. The Morgan fingerprint density at radius 3 is 1.67 bits per heavy atom. The van der Waals surface area contributed by atoms with E-state index in [0.29, 0.717) is 11.8 Å². The number of rotatable bonds is 3. The van der Waals surface area contributed by atoms with Crippen molar-refractivity contribution in [2.24, 2.45) is 0 Å². The molecule has 0 spiro atoms. The third kappa shape index (κ3) is 3.38. The molecule has 0 aromatic carbocycles. The minimum atomic E-state index is 0.283. The number of methoxy groups -OCH3 is 2.